The first kappa shape index (κ1) is 24.5. The molecule has 9 heteroatoms. The molecule has 1 aliphatic heterocycles. The lowest BCUT2D eigenvalue weighted by Gasteiger charge is -2.33. The third-order valence-corrected chi connectivity index (χ3v) is 5.86. The highest BCUT2D eigenvalue weighted by Crippen LogP contribution is 2.32. The van der Waals surface area contributed by atoms with E-state index in [-0.39, 0.29) is 17.9 Å². The lowest BCUT2D eigenvalue weighted by Crippen LogP contribution is -2.57. The Morgan fingerprint density at radius 1 is 1.12 bits per heavy atom. The van der Waals surface area contributed by atoms with Crippen LogP contribution in [0.2, 0.25) is 0 Å². The zero-order valence-electron chi connectivity index (χ0n) is 18.4. The van der Waals surface area contributed by atoms with Gasteiger partial charge in [0.2, 0.25) is 11.8 Å². The van der Waals surface area contributed by atoms with E-state index < -0.39 is 47.5 Å². The van der Waals surface area contributed by atoms with Crippen LogP contribution < -0.4 is 5.73 Å². The molecular weight excluding hydrogens is 432 g/mol. The molecule has 0 radical (unpaired) electrons. The van der Waals surface area contributed by atoms with E-state index in [0.717, 1.165) is 17.7 Å². The van der Waals surface area contributed by atoms with E-state index in [2.05, 4.69) is 0 Å². The maximum atomic E-state index is 13.7. The Labute approximate surface area is 190 Å². The van der Waals surface area contributed by atoms with E-state index in [1.165, 1.54) is 11.8 Å². The Morgan fingerprint density at radius 2 is 1.73 bits per heavy atom. The molecule has 4 atom stereocenters. The summed E-state index contributed by atoms with van der Waals surface area (Å²) >= 11 is 0. The number of likely N-dealkylation sites (N-methyl/N-ethyl adjacent to an activating group) is 1. The second-order valence-corrected chi connectivity index (χ2v) is 8.35. The van der Waals surface area contributed by atoms with Crippen LogP contribution in [-0.4, -0.2) is 58.3 Å². The molecule has 0 unspecified atom stereocenters. The van der Waals surface area contributed by atoms with Gasteiger partial charge in [-0.1, -0.05) is 30.3 Å². The van der Waals surface area contributed by atoms with Gasteiger partial charge < -0.3 is 15.7 Å². The molecule has 0 bridgehead atoms. The van der Waals surface area contributed by atoms with Crippen molar-refractivity contribution in [3.8, 4) is 0 Å². The van der Waals surface area contributed by atoms with E-state index in [4.69, 9.17) is 5.73 Å². The number of hydrogen-bond acceptors (Lipinski definition) is 5. The molecule has 0 aliphatic carbocycles. The van der Waals surface area contributed by atoms with Gasteiger partial charge in [-0.2, -0.15) is 0 Å². The summed E-state index contributed by atoms with van der Waals surface area (Å²) < 4.78 is 27.4. The highest BCUT2D eigenvalue weighted by molar-refractivity contribution is 6.03. The van der Waals surface area contributed by atoms with Crippen molar-refractivity contribution in [2.75, 3.05) is 13.6 Å². The first-order valence-electron chi connectivity index (χ1n) is 10.7. The van der Waals surface area contributed by atoms with Gasteiger partial charge in [-0.25, -0.2) is 8.78 Å². The molecule has 3 N–H and O–H groups in total. The maximum Gasteiger partial charge on any atom is 0.263 e. The standard InChI is InChI=1S/C24H27F2N3O4/c1-14(27)22(31)29(24(33)21(30)17-10-18(25)13-19(26)11-17)20-12-16(8-9-28(2)23(20)32)15-6-4-3-5-7-15/h3-7,10-11,13-14,16,20-21,30H,8-9,12,27H2,1-2H3/t14-,16+,20-,21-/m0/s1. The van der Waals surface area contributed by atoms with Gasteiger partial charge in [0.05, 0.1) is 6.04 Å². The maximum absolute atomic E-state index is 13.7. The van der Waals surface area contributed by atoms with Crippen molar-refractivity contribution in [1.29, 1.82) is 0 Å². The third kappa shape index (κ3) is 5.43. The number of nitrogens with zero attached hydrogens (tertiary/aromatic N) is 2. The van der Waals surface area contributed by atoms with Crippen LogP contribution in [0.4, 0.5) is 8.78 Å². The summed E-state index contributed by atoms with van der Waals surface area (Å²) in [6, 6.07) is 9.20. The first-order valence-corrected chi connectivity index (χ1v) is 10.7. The predicted octanol–water partition coefficient (Wildman–Crippen LogP) is 2.11. The lowest BCUT2D eigenvalue weighted by molar-refractivity contribution is -0.159. The fraction of sp³-hybridized carbons (Fsp3) is 0.375. The largest absolute Gasteiger partial charge is 0.378 e. The van der Waals surface area contributed by atoms with E-state index in [1.54, 1.807) is 7.05 Å². The zero-order chi connectivity index (χ0) is 24.3. The SMILES string of the molecule is C[C@H](N)C(=O)N(C(=O)[C@@H](O)c1cc(F)cc(F)c1)[C@H]1C[C@H](c2ccccc2)CCN(C)C1=O. The Morgan fingerprint density at radius 3 is 2.30 bits per heavy atom. The number of aliphatic hydroxyl groups is 1. The lowest BCUT2D eigenvalue weighted by atomic mass is 9.89. The van der Waals surface area contributed by atoms with Crippen LogP contribution in [0.3, 0.4) is 0 Å². The van der Waals surface area contributed by atoms with Crippen molar-refractivity contribution < 1.29 is 28.3 Å². The van der Waals surface area contributed by atoms with Crippen molar-refractivity contribution in [2.24, 2.45) is 5.73 Å². The van der Waals surface area contributed by atoms with Crippen LogP contribution in [0.1, 0.15) is 42.9 Å². The molecule has 0 aromatic heterocycles. The summed E-state index contributed by atoms with van der Waals surface area (Å²) in [5, 5.41) is 10.6. The number of nitrogens with two attached hydrogens (primary N) is 1. The van der Waals surface area contributed by atoms with Gasteiger partial charge in [0.25, 0.3) is 5.91 Å². The average molecular weight is 459 g/mol. The minimum absolute atomic E-state index is 0.127. The van der Waals surface area contributed by atoms with Crippen LogP contribution in [0.5, 0.6) is 0 Å². The van der Waals surface area contributed by atoms with Crippen LogP contribution in [0.15, 0.2) is 48.5 Å². The fourth-order valence-corrected chi connectivity index (χ4v) is 4.09. The smallest absolute Gasteiger partial charge is 0.263 e. The van der Waals surface area contributed by atoms with Gasteiger partial charge in [-0.15, -0.1) is 0 Å². The van der Waals surface area contributed by atoms with Crippen LogP contribution in [-0.2, 0) is 14.4 Å². The summed E-state index contributed by atoms with van der Waals surface area (Å²) in [7, 11) is 1.57. The molecule has 2 aromatic carbocycles. The van der Waals surface area contributed by atoms with Crippen molar-refractivity contribution in [2.45, 2.75) is 43.9 Å². The predicted molar refractivity (Wildman–Crippen MR) is 117 cm³/mol. The van der Waals surface area contributed by atoms with Crippen molar-refractivity contribution in [3.63, 3.8) is 0 Å². The highest BCUT2D eigenvalue weighted by Gasteiger charge is 2.42. The van der Waals surface area contributed by atoms with E-state index >= 15 is 0 Å². The Bertz CT molecular complexity index is 1010. The number of hydrogen-bond donors (Lipinski definition) is 2. The summed E-state index contributed by atoms with van der Waals surface area (Å²) in [5.41, 5.74) is 6.34. The summed E-state index contributed by atoms with van der Waals surface area (Å²) in [4.78, 5) is 41.6. The van der Waals surface area contributed by atoms with Gasteiger partial charge in [0, 0.05) is 19.7 Å². The minimum Gasteiger partial charge on any atom is -0.378 e. The molecule has 33 heavy (non-hydrogen) atoms. The number of likely N-dealkylation sites (tertiary alicyclic amines) is 1. The molecule has 2 aromatic rings. The third-order valence-electron chi connectivity index (χ3n) is 5.86. The zero-order valence-corrected chi connectivity index (χ0v) is 18.4. The second kappa shape index (κ2) is 10.2. The minimum atomic E-state index is -2.06. The molecule has 3 rings (SSSR count). The molecule has 176 valence electrons. The number of aliphatic hydroxyl groups excluding tert-OH is 1. The summed E-state index contributed by atoms with van der Waals surface area (Å²) in [6.45, 7) is 1.76. The second-order valence-electron chi connectivity index (χ2n) is 8.35. The normalized spacial score (nSPS) is 20.7. The summed E-state index contributed by atoms with van der Waals surface area (Å²) in [6.07, 6.45) is -1.33. The van der Waals surface area contributed by atoms with Crippen LogP contribution >= 0.6 is 0 Å². The van der Waals surface area contributed by atoms with Crippen LogP contribution in [0.25, 0.3) is 0 Å². The van der Waals surface area contributed by atoms with Crippen molar-refractivity contribution in [1.82, 2.24) is 9.80 Å². The van der Waals surface area contributed by atoms with Gasteiger partial charge in [0.15, 0.2) is 6.10 Å². The van der Waals surface area contributed by atoms with E-state index in [9.17, 15) is 28.3 Å². The molecule has 1 fully saturated rings. The molecule has 1 saturated heterocycles. The molecule has 0 spiro atoms. The Hall–Kier alpha value is -3.17. The molecule has 7 nitrogen and oxygen atoms in total. The highest BCUT2D eigenvalue weighted by atomic mass is 19.1. The number of amides is 3. The first-order chi connectivity index (χ1) is 15.6. The monoisotopic (exact) mass is 459 g/mol. The molecule has 1 heterocycles. The number of halogens is 2. The van der Waals surface area contributed by atoms with Gasteiger partial charge >= 0.3 is 0 Å². The van der Waals surface area contributed by atoms with Crippen molar-refractivity contribution in [3.05, 3.63) is 71.3 Å². The number of carbonyl (C=O) groups is 3. The van der Waals surface area contributed by atoms with Gasteiger partial charge in [0.1, 0.15) is 17.7 Å². The molecule has 3 amide bonds. The number of benzene rings is 2. The molecular formula is C24H27F2N3O4. The van der Waals surface area contributed by atoms with E-state index in [0.29, 0.717) is 23.9 Å². The van der Waals surface area contributed by atoms with Crippen molar-refractivity contribution >= 4 is 17.7 Å². The Balaban J connectivity index is 2.02. The van der Waals surface area contributed by atoms with Gasteiger partial charge in [-0.05, 0) is 48.9 Å². The summed E-state index contributed by atoms with van der Waals surface area (Å²) in [5.74, 6) is -4.63. The van der Waals surface area contributed by atoms with Gasteiger partial charge in [-0.3, -0.25) is 19.3 Å². The number of carbonyl (C=O) groups excluding carboxylic acids is 3. The number of imide groups is 1. The topological polar surface area (TPSA) is 104 Å². The fourth-order valence-electron chi connectivity index (χ4n) is 4.09. The van der Waals surface area contributed by atoms with E-state index in [1.807, 2.05) is 30.3 Å². The number of rotatable bonds is 5. The quantitative estimate of drug-likeness (QED) is 0.713. The average Bonchev–Trinajstić information content (AvgIpc) is 2.92. The molecule has 1 aliphatic rings. The Kier molecular flexibility index (Phi) is 7.55. The molecule has 0 saturated carbocycles. The van der Waals surface area contributed by atoms with Crippen LogP contribution in [0, 0.1) is 11.6 Å².